The van der Waals surface area contributed by atoms with Gasteiger partial charge in [-0.25, -0.2) is 23.4 Å². The van der Waals surface area contributed by atoms with Crippen molar-refractivity contribution in [3.8, 4) is 0 Å². The Bertz CT molecular complexity index is 920. The van der Waals surface area contributed by atoms with Crippen molar-refractivity contribution < 1.29 is 37.0 Å². The first-order chi connectivity index (χ1) is 15.7. The van der Waals surface area contributed by atoms with Gasteiger partial charge in [0.1, 0.15) is 0 Å². The van der Waals surface area contributed by atoms with Crippen molar-refractivity contribution in [2.45, 2.75) is 82.1 Å². The Kier molecular flexibility index (Phi) is 8.57. The van der Waals surface area contributed by atoms with E-state index >= 15 is 0 Å². The van der Waals surface area contributed by atoms with Gasteiger partial charge >= 0.3 is 6.09 Å². The van der Waals surface area contributed by atoms with E-state index in [1.54, 1.807) is 32.0 Å². The molecule has 10 nitrogen and oxygen atoms in total. The lowest BCUT2D eigenvalue weighted by Crippen LogP contribution is -2.34. The van der Waals surface area contributed by atoms with E-state index in [9.17, 15) is 13.2 Å². The van der Waals surface area contributed by atoms with Gasteiger partial charge in [0.25, 0.3) is 10.0 Å². The molecule has 2 heterocycles. The van der Waals surface area contributed by atoms with Crippen LogP contribution in [0.4, 0.5) is 4.79 Å². The van der Waals surface area contributed by atoms with E-state index < -0.39 is 40.4 Å². The van der Waals surface area contributed by atoms with Crippen molar-refractivity contribution in [1.29, 1.82) is 0 Å². The molecule has 1 amide bonds. The number of hydrogen-bond acceptors (Lipinski definition) is 9. The summed E-state index contributed by atoms with van der Waals surface area (Å²) in [5.74, 6) is -0.511. The van der Waals surface area contributed by atoms with E-state index in [4.69, 9.17) is 23.8 Å². The Morgan fingerprint density at radius 3 is 2.58 bits per heavy atom. The van der Waals surface area contributed by atoms with Gasteiger partial charge in [0, 0.05) is 0 Å². The number of benzene rings is 1. The highest BCUT2D eigenvalue weighted by molar-refractivity contribution is 7.90. The third-order valence-corrected chi connectivity index (χ3v) is 6.41. The summed E-state index contributed by atoms with van der Waals surface area (Å²) in [6.45, 7) is 6.27. The van der Waals surface area contributed by atoms with Gasteiger partial charge in [-0.2, -0.15) is 0 Å². The minimum Gasteiger partial charge on any atom is -0.462 e. The molecule has 0 saturated carbocycles. The number of hydroxylamine groups is 1. The monoisotopic (exact) mass is 484 g/mol. The van der Waals surface area contributed by atoms with Gasteiger partial charge in [-0.1, -0.05) is 50.8 Å². The average molecular weight is 485 g/mol. The number of carbonyl (C=O) groups is 1. The largest absolute Gasteiger partial charge is 0.462 e. The van der Waals surface area contributed by atoms with Crippen molar-refractivity contribution in [1.82, 2.24) is 10.2 Å². The van der Waals surface area contributed by atoms with E-state index in [1.165, 1.54) is 37.6 Å². The first-order valence-electron chi connectivity index (χ1n) is 11.1. The third kappa shape index (κ3) is 7.07. The minimum absolute atomic E-state index is 0.0595. The Morgan fingerprint density at radius 2 is 1.85 bits per heavy atom. The molecule has 2 aliphatic rings. The third-order valence-electron chi connectivity index (χ3n) is 5.08. The molecule has 0 spiro atoms. The second-order valence-electron chi connectivity index (χ2n) is 8.26. The zero-order chi connectivity index (χ0) is 23.9. The average Bonchev–Trinajstić information content (AvgIpc) is 3.24. The lowest BCUT2D eigenvalue weighted by Gasteiger charge is -2.22. The van der Waals surface area contributed by atoms with E-state index in [1.807, 2.05) is 4.72 Å². The van der Waals surface area contributed by atoms with E-state index in [2.05, 4.69) is 12.4 Å². The molecule has 2 N–H and O–H groups in total. The maximum absolute atomic E-state index is 12.2. The number of carbonyl (C=O) groups excluding carboxylic acids is 1. The van der Waals surface area contributed by atoms with Crippen LogP contribution in [0, 0.1) is 0 Å². The first kappa shape index (κ1) is 25.3. The molecule has 184 valence electrons. The SMILES string of the molecule is CCCCCCCO[C@H]1OC(=CNOC(=O)NS(=O)(=O)c2ccccc2)[C@@H]2OC(C)(C)O[C@H]12. The summed E-state index contributed by atoms with van der Waals surface area (Å²) in [6.07, 6.45) is 3.92. The zero-order valence-electron chi connectivity index (χ0n) is 19.1. The second kappa shape index (κ2) is 11.2. The molecule has 0 radical (unpaired) electrons. The second-order valence-corrected chi connectivity index (χ2v) is 9.95. The van der Waals surface area contributed by atoms with Crippen molar-refractivity contribution in [2.75, 3.05) is 6.61 Å². The molecule has 33 heavy (non-hydrogen) atoms. The Hall–Kier alpha value is -2.34. The lowest BCUT2D eigenvalue weighted by atomic mass is 10.2. The Labute approximate surface area is 194 Å². The molecule has 11 heteroatoms. The molecule has 2 fully saturated rings. The number of unbranched alkanes of at least 4 members (excludes halogenated alkanes) is 4. The molecule has 2 saturated heterocycles. The normalized spacial score (nSPS) is 24.8. The molecule has 3 atom stereocenters. The topological polar surface area (TPSA) is 121 Å². The standard InChI is InChI=1S/C22H32N2O8S/c1-4-5-6-7-11-14-28-20-19-18(30-22(2,3)31-19)17(29-20)15-23-32-21(25)24-33(26,27)16-12-9-8-10-13-16/h8-10,12-13,15,18-20,23H,4-7,11,14H2,1-3H3,(H,24,25)/t18-,19-,20-/m0/s1. The lowest BCUT2D eigenvalue weighted by molar-refractivity contribution is -0.208. The van der Waals surface area contributed by atoms with Crippen LogP contribution in [0.5, 0.6) is 0 Å². The molecular weight excluding hydrogens is 452 g/mol. The fourth-order valence-corrected chi connectivity index (χ4v) is 4.45. The maximum atomic E-state index is 12.2. The fraction of sp³-hybridized carbons (Fsp3) is 0.591. The van der Waals surface area contributed by atoms with E-state index in [0.29, 0.717) is 12.4 Å². The quantitative estimate of drug-likeness (QED) is 0.360. The predicted octanol–water partition coefficient (Wildman–Crippen LogP) is 3.31. The molecule has 0 unspecified atom stereocenters. The number of nitrogens with one attached hydrogen (secondary N) is 2. The number of ether oxygens (including phenoxy) is 4. The summed E-state index contributed by atoms with van der Waals surface area (Å²) < 4.78 is 49.6. The van der Waals surface area contributed by atoms with Gasteiger partial charge in [0.05, 0.1) is 17.7 Å². The molecular formula is C22H32N2O8S. The minimum atomic E-state index is -4.05. The number of amides is 1. The highest BCUT2D eigenvalue weighted by atomic mass is 32.2. The number of hydrogen-bond donors (Lipinski definition) is 2. The highest BCUT2D eigenvalue weighted by Gasteiger charge is 2.54. The molecule has 1 aromatic carbocycles. The first-order valence-corrected chi connectivity index (χ1v) is 12.6. The van der Waals surface area contributed by atoms with E-state index in [0.717, 1.165) is 12.8 Å². The molecule has 0 bridgehead atoms. The van der Waals surface area contributed by atoms with Gasteiger partial charge in [0.15, 0.2) is 23.8 Å². The number of sulfonamides is 1. The summed E-state index contributed by atoms with van der Waals surface area (Å²) in [4.78, 5) is 16.6. The van der Waals surface area contributed by atoms with Gasteiger partial charge in [-0.05, 0) is 32.4 Å². The van der Waals surface area contributed by atoms with Gasteiger partial charge in [-0.15, -0.1) is 0 Å². The van der Waals surface area contributed by atoms with Crippen LogP contribution in [-0.2, 0) is 33.8 Å². The summed E-state index contributed by atoms with van der Waals surface area (Å²) in [5, 5.41) is 0. The van der Waals surface area contributed by atoms with E-state index in [-0.39, 0.29) is 4.90 Å². The number of rotatable bonds is 11. The highest BCUT2D eigenvalue weighted by Crippen LogP contribution is 2.40. The van der Waals surface area contributed by atoms with Crippen LogP contribution >= 0.6 is 0 Å². The summed E-state index contributed by atoms with van der Waals surface area (Å²) >= 11 is 0. The van der Waals surface area contributed by atoms with Crippen molar-refractivity contribution in [3.05, 3.63) is 42.3 Å². The summed E-state index contributed by atoms with van der Waals surface area (Å²) in [6, 6.07) is 7.48. The predicted molar refractivity (Wildman–Crippen MR) is 118 cm³/mol. The Morgan fingerprint density at radius 1 is 1.12 bits per heavy atom. The van der Waals surface area contributed by atoms with Crippen LogP contribution in [0.2, 0.25) is 0 Å². The van der Waals surface area contributed by atoms with Crippen molar-refractivity contribution in [3.63, 3.8) is 0 Å². The number of fused-ring (bicyclic) bond motifs is 1. The molecule has 0 aromatic heterocycles. The summed E-state index contributed by atoms with van der Waals surface area (Å²) in [7, 11) is -4.05. The van der Waals surface area contributed by atoms with Crippen LogP contribution < -0.4 is 10.2 Å². The van der Waals surface area contributed by atoms with Gasteiger partial charge < -0.3 is 23.8 Å². The zero-order valence-corrected chi connectivity index (χ0v) is 19.9. The van der Waals surface area contributed by atoms with Crippen LogP contribution in [0.1, 0.15) is 52.9 Å². The summed E-state index contributed by atoms with van der Waals surface area (Å²) in [5.41, 5.74) is 2.30. The van der Waals surface area contributed by atoms with Crippen LogP contribution in [0.25, 0.3) is 0 Å². The molecule has 1 aromatic rings. The molecule has 3 rings (SSSR count). The van der Waals surface area contributed by atoms with Gasteiger partial charge in [-0.3, -0.25) is 0 Å². The maximum Gasteiger partial charge on any atom is 0.445 e. The molecule has 2 aliphatic heterocycles. The van der Waals surface area contributed by atoms with Crippen LogP contribution in [-0.4, -0.2) is 45.4 Å². The molecule has 0 aliphatic carbocycles. The fourth-order valence-electron chi connectivity index (χ4n) is 3.56. The van der Waals surface area contributed by atoms with Crippen molar-refractivity contribution >= 4 is 16.1 Å². The van der Waals surface area contributed by atoms with Gasteiger partial charge in [0.2, 0.25) is 6.29 Å². The van der Waals surface area contributed by atoms with Crippen LogP contribution in [0.15, 0.2) is 47.2 Å². The smallest absolute Gasteiger partial charge is 0.445 e. The van der Waals surface area contributed by atoms with Crippen molar-refractivity contribution in [2.24, 2.45) is 0 Å². The van der Waals surface area contributed by atoms with Crippen LogP contribution in [0.3, 0.4) is 0 Å². The Balaban J connectivity index is 1.52.